The highest BCUT2D eigenvalue weighted by atomic mass is 19.4. The topological polar surface area (TPSA) is 0 Å². The molecule has 0 aliphatic carbocycles. The molecule has 0 nitrogen and oxygen atoms in total. The molecule has 1 rings (SSSR count). The maximum atomic E-state index is 12.0. The summed E-state index contributed by atoms with van der Waals surface area (Å²) in [7, 11) is 0. The van der Waals surface area contributed by atoms with Gasteiger partial charge in [0, 0.05) is 0 Å². The first-order valence-corrected chi connectivity index (χ1v) is 3.37. The standard InChI is InChI=1S/C8H3F6/c9-7(10,11)5-2-1-3-6(4-5)8(12,13)14/h2-4H. The Kier molecular flexibility index (Phi) is 2.47. The van der Waals surface area contributed by atoms with Gasteiger partial charge in [-0.3, -0.25) is 0 Å². The van der Waals surface area contributed by atoms with Crippen molar-refractivity contribution >= 4 is 0 Å². The molecule has 0 aliphatic heterocycles. The van der Waals surface area contributed by atoms with Gasteiger partial charge < -0.3 is 0 Å². The lowest BCUT2D eigenvalue weighted by Crippen LogP contribution is -2.10. The second-order valence-electron chi connectivity index (χ2n) is 2.51. The maximum Gasteiger partial charge on any atom is 0.416 e. The van der Waals surface area contributed by atoms with Crippen LogP contribution < -0.4 is 0 Å². The van der Waals surface area contributed by atoms with Crippen molar-refractivity contribution < 1.29 is 26.3 Å². The normalized spacial score (nSPS) is 13.0. The van der Waals surface area contributed by atoms with Gasteiger partial charge >= 0.3 is 12.4 Å². The molecule has 0 aliphatic rings. The van der Waals surface area contributed by atoms with Crippen molar-refractivity contribution in [2.75, 3.05) is 0 Å². The Morgan fingerprint density at radius 3 is 1.43 bits per heavy atom. The van der Waals surface area contributed by atoms with E-state index in [1.807, 2.05) is 0 Å². The number of benzene rings is 1. The molecule has 77 valence electrons. The molecular formula is C8H3F6. The Hall–Kier alpha value is -1.20. The number of halogens is 6. The van der Waals surface area contributed by atoms with Crippen molar-refractivity contribution in [2.24, 2.45) is 0 Å². The van der Waals surface area contributed by atoms with E-state index in [4.69, 9.17) is 0 Å². The Labute approximate surface area is 75.2 Å². The molecule has 6 heteroatoms. The molecular weight excluding hydrogens is 210 g/mol. The van der Waals surface area contributed by atoms with E-state index in [0.29, 0.717) is 12.1 Å². The van der Waals surface area contributed by atoms with Gasteiger partial charge in [0.15, 0.2) is 0 Å². The minimum atomic E-state index is -4.78. The molecule has 0 bridgehead atoms. The lowest BCUT2D eigenvalue weighted by Gasteiger charge is -2.10. The lowest BCUT2D eigenvalue weighted by molar-refractivity contribution is -0.143. The Morgan fingerprint density at radius 1 is 0.786 bits per heavy atom. The molecule has 0 saturated heterocycles. The molecule has 0 atom stereocenters. The van der Waals surface area contributed by atoms with Gasteiger partial charge in [0.25, 0.3) is 0 Å². The lowest BCUT2D eigenvalue weighted by atomic mass is 10.1. The molecule has 1 aromatic carbocycles. The zero-order chi connectivity index (χ0) is 11.0. The van der Waals surface area contributed by atoms with Crippen LogP contribution in [0.3, 0.4) is 0 Å². The minimum Gasteiger partial charge on any atom is -0.166 e. The van der Waals surface area contributed by atoms with Crippen molar-refractivity contribution in [1.29, 1.82) is 0 Å². The maximum absolute atomic E-state index is 12.0. The van der Waals surface area contributed by atoms with Crippen molar-refractivity contribution in [1.82, 2.24) is 0 Å². The van der Waals surface area contributed by atoms with Crippen LogP contribution in [0, 0.1) is 6.07 Å². The second kappa shape index (κ2) is 3.18. The summed E-state index contributed by atoms with van der Waals surface area (Å²) in [6, 6.07) is 2.79. The molecule has 14 heavy (non-hydrogen) atoms. The third-order valence-electron chi connectivity index (χ3n) is 1.44. The van der Waals surface area contributed by atoms with Crippen LogP contribution in [0.5, 0.6) is 0 Å². The van der Waals surface area contributed by atoms with E-state index in [-0.39, 0.29) is 6.07 Å². The number of rotatable bonds is 0. The quantitative estimate of drug-likeness (QED) is 0.578. The fourth-order valence-electron chi connectivity index (χ4n) is 0.799. The summed E-state index contributed by atoms with van der Waals surface area (Å²) < 4.78 is 71.8. The molecule has 0 amide bonds. The van der Waals surface area contributed by atoms with Gasteiger partial charge in [0.2, 0.25) is 0 Å². The zero-order valence-corrected chi connectivity index (χ0v) is 6.50. The highest BCUT2D eigenvalue weighted by Gasteiger charge is 2.35. The summed E-state index contributed by atoms with van der Waals surface area (Å²) in [5.41, 5.74) is -2.71. The van der Waals surface area contributed by atoms with Crippen LogP contribution in [0.1, 0.15) is 11.1 Å². The van der Waals surface area contributed by atoms with Crippen molar-refractivity contribution in [3.63, 3.8) is 0 Å². The van der Waals surface area contributed by atoms with Crippen LogP contribution in [-0.4, -0.2) is 0 Å². The molecule has 0 heterocycles. The van der Waals surface area contributed by atoms with E-state index >= 15 is 0 Å². The first kappa shape index (κ1) is 10.9. The second-order valence-corrected chi connectivity index (χ2v) is 2.51. The van der Waals surface area contributed by atoms with Gasteiger partial charge in [-0.15, -0.1) is 0 Å². The summed E-state index contributed by atoms with van der Waals surface area (Å²) in [6.45, 7) is 0. The van der Waals surface area contributed by atoms with Gasteiger partial charge in [0.05, 0.1) is 11.1 Å². The van der Waals surface area contributed by atoms with Crippen LogP contribution >= 0.6 is 0 Å². The van der Waals surface area contributed by atoms with Crippen LogP contribution in [0.4, 0.5) is 26.3 Å². The third-order valence-corrected chi connectivity index (χ3v) is 1.44. The van der Waals surface area contributed by atoms with E-state index in [1.165, 1.54) is 0 Å². The first-order valence-electron chi connectivity index (χ1n) is 3.37. The summed E-state index contributed by atoms with van der Waals surface area (Å²) in [5.74, 6) is 0. The molecule has 0 N–H and O–H groups in total. The van der Waals surface area contributed by atoms with Crippen LogP contribution in [0.15, 0.2) is 18.2 Å². The van der Waals surface area contributed by atoms with E-state index < -0.39 is 23.5 Å². The van der Waals surface area contributed by atoms with E-state index in [9.17, 15) is 26.3 Å². The highest BCUT2D eigenvalue weighted by Crippen LogP contribution is 2.34. The van der Waals surface area contributed by atoms with Gasteiger partial charge in [-0.05, 0) is 24.3 Å². The minimum absolute atomic E-state index is 0.0521. The van der Waals surface area contributed by atoms with E-state index in [2.05, 4.69) is 0 Å². The van der Waals surface area contributed by atoms with E-state index in [1.54, 1.807) is 6.07 Å². The molecule has 0 spiro atoms. The van der Waals surface area contributed by atoms with Crippen molar-refractivity contribution in [3.05, 3.63) is 35.4 Å². The molecule has 1 radical (unpaired) electrons. The molecule has 0 fully saturated rings. The fraction of sp³-hybridized carbons (Fsp3) is 0.250. The van der Waals surface area contributed by atoms with Crippen LogP contribution in [0.25, 0.3) is 0 Å². The monoisotopic (exact) mass is 213 g/mol. The van der Waals surface area contributed by atoms with Gasteiger partial charge in [-0.25, -0.2) is 0 Å². The van der Waals surface area contributed by atoms with Gasteiger partial charge in [0.1, 0.15) is 0 Å². The predicted molar refractivity (Wildman–Crippen MR) is 35.3 cm³/mol. The van der Waals surface area contributed by atoms with Crippen LogP contribution in [0.2, 0.25) is 0 Å². The summed E-state index contributed by atoms with van der Waals surface area (Å²) in [5, 5.41) is 0. The third kappa shape index (κ3) is 2.40. The van der Waals surface area contributed by atoms with E-state index in [0.717, 1.165) is 0 Å². The summed E-state index contributed by atoms with van der Waals surface area (Å²) >= 11 is 0. The van der Waals surface area contributed by atoms with Crippen molar-refractivity contribution in [3.8, 4) is 0 Å². The number of hydrogen-bond donors (Lipinski definition) is 0. The Balaban J connectivity index is 3.15. The predicted octanol–water partition coefficient (Wildman–Crippen LogP) is 3.52. The summed E-state index contributed by atoms with van der Waals surface area (Å²) in [4.78, 5) is 0. The summed E-state index contributed by atoms with van der Waals surface area (Å²) in [6.07, 6.45) is -9.56. The number of hydrogen-bond acceptors (Lipinski definition) is 0. The first-order chi connectivity index (χ1) is 6.21. The largest absolute Gasteiger partial charge is 0.416 e. The molecule has 0 saturated carbocycles. The van der Waals surface area contributed by atoms with Crippen molar-refractivity contribution in [2.45, 2.75) is 12.4 Å². The Bertz CT molecular complexity index is 292. The van der Waals surface area contributed by atoms with Crippen LogP contribution in [-0.2, 0) is 12.4 Å². The smallest absolute Gasteiger partial charge is 0.166 e. The fourth-order valence-corrected chi connectivity index (χ4v) is 0.799. The Morgan fingerprint density at radius 2 is 1.14 bits per heavy atom. The van der Waals surface area contributed by atoms with Gasteiger partial charge in [-0.2, -0.15) is 26.3 Å². The molecule has 1 aromatic rings. The highest BCUT2D eigenvalue weighted by molar-refractivity contribution is 5.26. The average Bonchev–Trinajstić information content (AvgIpc) is 2.01. The SMILES string of the molecule is FC(F)(F)c1c[c]cc(C(F)(F)F)c1. The average molecular weight is 213 g/mol. The molecule has 0 aromatic heterocycles. The van der Waals surface area contributed by atoms with Gasteiger partial charge in [-0.1, -0.05) is 0 Å². The number of alkyl halides is 6. The zero-order valence-electron chi connectivity index (χ0n) is 6.50. The molecule has 0 unspecified atom stereocenters.